The van der Waals surface area contributed by atoms with E-state index in [1.54, 1.807) is 6.20 Å². The smallest absolute Gasteiger partial charge is 0.151 e. The third-order valence-corrected chi connectivity index (χ3v) is 3.59. The number of aromatic nitrogens is 2. The Kier molecular flexibility index (Phi) is 2.09. The predicted octanol–water partition coefficient (Wildman–Crippen LogP) is 0.935. The first-order valence-electron chi connectivity index (χ1n) is 5.66. The highest BCUT2D eigenvalue weighted by molar-refractivity contribution is 5.42. The van der Waals surface area contributed by atoms with E-state index in [1.165, 1.54) is 12.8 Å². The molecule has 0 aliphatic carbocycles. The second-order valence-corrected chi connectivity index (χ2v) is 4.61. The Morgan fingerprint density at radius 3 is 2.60 bits per heavy atom. The van der Waals surface area contributed by atoms with Gasteiger partial charge in [-0.15, -0.1) is 5.10 Å². The summed E-state index contributed by atoms with van der Waals surface area (Å²) >= 11 is 0. The van der Waals surface area contributed by atoms with Gasteiger partial charge in [-0.3, -0.25) is 0 Å². The van der Waals surface area contributed by atoms with Crippen LogP contribution in [0.3, 0.4) is 0 Å². The van der Waals surface area contributed by atoms with Gasteiger partial charge < -0.3 is 10.6 Å². The molecule has 2 aliphatic heterocycles. The summed E-state index contributed by atoms with van der Waals surface area (Å²) in [7, 11) is 0. The van der Waals surface area contributed by atoms with Gasteiger partial charge in [0.1, 0.15) is 0 Å². The summed E-state index contributed by atoms with van der Waals surface area (Å²) in [5, 5.41) is 8.16. The molecule has 3 heterocycles. The van der Waals surface area contributed by atoms with Crippen LogP contribution in [0.5, 0.6) is 0 Å². The average Bonchev–Trinajstić information content (AvgIpc) is 2.53. The maximum Gasteiger partial charge on any atom is 0.151 e. The molecule has 0 radical (unpaired) electrons. The molecule has 0 saturated carbocycles. The monoisotopic (exact) mass is 204 g/mol. The molecule has 2 fully saturated rings. The van der Waals surface area contributed by atoms with E-state index < -0.39 is 0 Å². The average molecular weight is 204 g/mol. The molecule has 2 unspecified atom stereocenters. The zero-order valence-corrected chi connectivity index (χ0v) is 8.71. The molecule has 15 heavy (non-hydrogen) atoms. The fourth-order valence-electron chi connectivity index (χ4n) is 3.02. The van der Waals surface area contributed by atoms with E-state index >= 15 is 0 Å². The molecule has 3 rings (SSSR count). The molecule has 2 aliphatic rings. The molecule has 4 nitrogen and oxygen atoms in total. The Hall–Kier alpha value is -1.16. The molecule has 1 aromatic heterocycles. The molecule has 80 valence electrons. The Balaban J connectivity index is 1.89. The molecule has 0 spiro atoms. The van der Waals surface area contributed by atoms with Crippen molar-refractivity contribution in [3.05, 3.63) is 18.3 Å². The molecule has 4 heteroatoms. The second-order valence-electron chi connectivity index (χ2n) is 4.61. The van der Waals surface area contributed by atoms with Crippen LogP contribution < -0.4 is 10.6 Å². The summed E-state index contributed by atoms with van der Waals surface area (Å²) < 4.78 is 0. The maximum absolute atomic E-state index is 6.03. The van der Waals surface area contributed by atoms with E-state index in [1.807, 2.05) is 6.07 Å². The van der Waals surface area contributed by atoms with E-state index in [0.717, 1.165) is 18.7 Å². The van der Waals surface area contributed by atoms with Gasteiger partial charge in [-0.1, -0.05) is 0 Å². The molecule has 2 bridgehead atoms. The molecule has 1 aromatic rings. The molecule has 2 atom stereocenters. The van der Waals surface area contributed by atoms with E-state index in [9.17, 15) is 0 Å². The van der Waals surface area contributed by atoms with Crippen molar-refractivity contribution in [1.82, 2.24) is 10.2 Å². The standard InChI is InChI=1S/C11H16N4/c12-8-6-9-3-4-10(7-8)15(9)11-2-1-5-13-14-11/h1-2,5,8-10H,3-4,6-7,12H2. The summed E-state index contributed by atoms with van der Waals surface area (Å²) in [6.45, 7) is 0. The highest BCUT2D eigenvalue weighted by atomic mass is 15.3. The maximum atomic E-state index is 6.03. The second kappa shape index (κ2) is 3.45. The van der Waals surface area contributed by atoms with Crippen LogP contribution in [0.25, 0.3) is 0 Å². The van der Waals surface area contributed by atoms with Gasteiger partial charge in [0.25, 0.3) is 0 Å². The Labute approximate surface area is 89.5 Å². The van der Waals surface area contributed by atoms with Crippen molar-refractivity contribution in [2.24, 2.45) is 5.73 Å². The van der Waals surface area contributed by atoms with E-state index in [-0.39, 0.29) is 0 Å². The Morgan fingerprint density at radius 2 is 2.00 bits per heavy atom. The summed E-state index contributed by atoms with van der Waals surface area (Å²) in [6.07, 6.45) is 6.45. The van der Waals surface area contributed by atoms with E-state index in [4.69, 9.17) is 5.73 Å². The summed E-state index contributed by atoms with van der Waals surface area (Å²) in [5.41, 5.74) is 6.03. The van der Waals surface area contributed by atoms with Crippen molar-refractivity contribution in [1.29, 1.82) is 0 Å². The van der Waals surface area contributed by atoms with Crippen LogP contribution in [-0.4, -0.2) is 28.3 Å². The number of nitrogens with zero attached hydrogens (tertiary/aromatic N) is 3. The summed E-state index contributed by atoms with van der Waals surface area (Å²) in [4.78, 5) is 2.43. The van der Waals surface area contributed by atoms with Crippen LogP contribution in [-0.2, 0) is 0 Å². The molecule has 2 N–H and O–H groups in total. The number of rotatable bonds is 1. The fraction of sp³-hybridized carbons (Fsp3) is 0.636. The van der Waals surface area contributed by atoms with Gasteiger partial charge in [-0.25, -0.2) is 0 Å². The van der Waals surface area contributed by atoms with Crippen molar-refractivity contribution in [2.75, 3.05) is 4.90 Å². The molecule has 0 amide bonds. The van der Waals surface area contributed by atoms with Gasteiger partial charge in [0.15, 0.2) is 5.82 Å². The van der Waals surface area contributed by atoms with Crippen molar-refractivity contribution in [2.45, 2.75) is 43.8 Å². The molecular formula is C11H16N4. The quantitative estimate of drug-likeness (QED) is 0.739. The number of hydrogen-bond donors (Lipinski definition) is 1. The van der Waals surface area contributed by atoms with Crippen LogP contribution in [0.4, 0.5) is 5.82 Å². The number of anilines is 1. The zero-order chi connectivity index (χ0) is 10.3. The van der Waals surface area contributed by atoms with Crippen LogP contribution in [0.1, 0.15) is 25.7 Å². The number of piperidine rings is 1. The van der Waals surface area contributed by atoms with Crippen LogP contribution in [0, 0.1) is 0 Å². The lowest BCUT2D eigenvalue weighted by Gasteiger charge is -2.38. The van der Waals surface area contributed by atoms with E-state index in [2.05, 4.69) is 21.2 Å². The zero-order valence-electron chi connectivity index (χ0n) is 8.71. The van der Waals surface area contributed by atoms with Crippen molar-refractivity contribution < 1.29 is 0 Å². The lowest BCUT2D eigenvalue weighted by atomic mass is 9.98. The van der Waals surface area contributed by atoms with Crippen LogP contribution >= 0.6 is 0 Å². The first kappa shape index (κ1) is 9.09. The lowest BCUT2D eigenvalue weighted by molar-refractivity contribution is 0.411. The summed E-state index contributed by atoms with van der Waals surface area (Å²) in [5.74, 6) is 1.02. The number of nitrogens with two attached hydrogens (primary N) is 1. The van der Waals surface area contributed by atoms with Crippen molar-refractivity contribution >= 4 is 5.82 Å². The summed E-state index contributed by atoms with van der Waals surface area (Å²) in [6, 6.07) is 5.58. The van der Waals surface area contributed by atoms with Gasteiger partial charge >= 0.3 is 0 Å². The normalized spacial score (nSPS) is 34.5. The van der Waals surface area contributed by atoms with Crippen molar-refractivity contribution in [3.8, 4) is 0 Å². The molecular weight excluding hydrogens is 188 g/mol. The highest BCUT2D eigenvalue weighted by Gasteiger charge is 2.40. The third kappa shape index (κ3) is 1.49. The van der Waals surface area contributed by atoms with Gasteiger partial charge in [-0.2, -0.15) is 5.10 Å². The predicted molar refractivity (Wildman–Crippen MR) is 58.5 cm³/mol. The Morgan fingerprint density at radius 1 is 1.27 bits per heavy atom. The molecule has 2 saturated heterocycles. The van der Waals surface area contributed by atoms with Crippen LogP contribution in [0.15, 0.2) is 18.3 Å². The topological polar surface area (TPSA) is 55.0 Å². The fourth-order valence-corrected chi connectivity index (χ4v) is 3.02. The van der Waals surface area contributed by atoms with Gasteiger partial charge in [0.2, 0.25) is 0 Å². The van der Waals surface area contributed by atoms with E-state index in [0.29, 0.717) is 18.1 Å². The van der Waals surface area contributed by atoms with Gasteiger partial charge in [0.05, 0.1) is 0 Å². The first-order valence-corrected chi connectivity index (χ1v) is 5.66. The minimum atomic E-state index is 0.385. The van der Waals surface area contributed by atoms with Gasteiger partial charge in [-0.05, 0) is 37.8 Å². The highest BCUT2D eigenvalue weighted by Crippen LogP contribution is 2.37. The van der Waals surface area contributed by atoms with Crippen molar-refractivity contribution in [3.63, 3.8) is 0 Å². The minimum Gasteiger partial charge on any atom is -0.349 e. The Bertz CT molecular complexity index is 326. The molecule has 0 aromatic carbocycles. The number of fused-ring (bicyclic) bond motifs is 2. The first-order chi connectivity index (χ1) is 7.34. The number of hydrogen-bond acceptors (Lipinski definition) is 4. The van der Waals surface area contributed by atoms with Crippen LogP contribution in [0.2, 0.25) is 0 Å². The van der Waals surface area contributed by atoms with Gasteiger partial charge in [0, 0.05) is 24.3 Å². The third-order valence-electron chi connectivity index (χ3n) is 3.59. The minimum absolute atomic E-state index is 0.385. The largest absolute Gasteiger partial charge is 0.349 e. The SMILES string of the molecule is NC1CC2CCC(C1)N2c1cccnn1. The lowest BCUT2D eigenvalue weighted by Crippen LogP contribution is -2.47.